The van der Waals surface area contributed by atoms with Crippen molar-refractivity contribution >= 4 is 66.9 Å². The van der Waals surface area contributed by atoms with Crippen molar-refractivity contribution in [3.8, 4) is 72.9 Å². The van der Waals surface area contributed by atoms with E-state index >= 15 is 0 Å². The molecule has 0 aliphatic heterocycles. The molecule has 5 amide bonds. The fourth-order valence-corrected chi connectivity index (χ4v) is 17.0. The molecule has 2 aliphatic rings. The molecule has 0 spiro atoms. The Labute approximate surface area is 825 Å². The monoisotopic (exact) mass is 1890 g/mol. The van der Waals surface area contributed by atoms with E-state index < -0.39 is 59.4 Å². The number of amides is 5. The molecule has 3 atom stereocenters. The quantitative estimate of drug-likeness (QED) is 0.0106. The number of ether oxygens (including phenoxy) is 7. The van der Waals surface area contributed by atoms with Gasteiger partial charge in [0.2, 0.25) is 11.8 Å². The number of carboxylic acids is 1. The Bertz CT molecular complexity index is 5930. The van der Waals surface area contributed by atoms with E-state index in [1.165, 1.54) is 24.0 Å². The zero-order valence-corrected chi connectivity index (χ0v) is 82.6. The van der Waals surface area contributed by atoms with Gasteiger partial charge in [0.25, 0.3) is 0 Å². The Morgan fingerprint density at radius 2 is 0.719 bits per heavy atom. The number of benzene rings is 12. The van der Waals surface area contributed by atoms with Crippen molar-refractivity contribution in [1.82, 2.24) is 16.0 Å². The highest BCUT2D eigenvalue weighted by molar-refractivity contribution is 7.59. The lowest BCUT2D eigenvalue weighted by molar-refractivity contribution is -0.151. The number of alkyl carbamates (subject to hydrolysis) is 3. The lowest BCUT2D eigenvalue weighted by Gasteiger charge is -2.20. The van der Waals surface area contributed by atoms with Crippen LogP contribution in [0.15, 0.2) is 285 Å². The SMILES string of the molecule is CCCCCOc1ccc(-c2ccc(C[C@H](CC(=O)OCC3c4ccccc4-c4ccccc43)C(=O)O)cc2)c(CC)c1.CCc1cc(OCCCCNC(=O)OC(C)(C)C)ccc1-c1ccc(C[C@H](N)C(=O)Nc2ccccc2)cc1.CCc1cc(OCCCCNC(=O)OC(C)(C)C)ccc1-c1ccc(C[C@H](NC(=O)OCC2c3ccccc3-c3ccccc32)C(=O)Nc2ccccc2)cc1.S. The molecule has 728 valence electrons. The number of carboxylic acid groups (broad SMARTS) is 1. The number of carbonyl (C=O) groups is 7. The first-order chi connectivity index (χ1) is 66.7. The number of carbonyl (C=O) groups excluding carboxylic acids is 6. The number of hydrogen-bond acceptors (Lipinski definition) is 15. The van der Waals surface area contributed by atoms with Gasteiger partial charge in [0.05, 0.1) is 38.2 Å². The molecule has 12 aromatic carbocycles. The number of hydrogen-bond donors (Lipinski definition) is 7. The van der Waals surface area contributed by atoms with Gasteiger partial charge < -0.3 is 70.6 Å². The third-order valence-electron chi connectivity index (χ3n) is 24.1. The van der Waals surface area contributed by atoms with Crippen LogP contribution in [0, 0.1) is 5.92 Å². The Hall–Kier alpha value is -14.0. The molecule has 12 aromatic rings. The molecule has 14 rings (SSSR count). The molecule has 0 bridgehead atoms. The van der Waals surface area contributed by atoms with Crippen molar-refractivity contribution in [3.05, 3.63) is 341 Å². The molecule has 0 unspecified atom stereocenters. The Morgan fingerprint density at radius 3 is 1.09 bits per heavy atom. The van der Waals surface area contributed by atoms with E-state index in [0.717, 1.165) is 181 Å². The number of nitrogens with two attached hydrogens (primary N) is 1. The highest BCUT2D eigenvalue weighted by atomic mass is 32.1. The Morgan fingerprint density at radius 1 is 0.374 bits per heavy atom. The largest absolute Gasteiger partial charge is 0.494 e. The predicted octanol–water partition coefficient (Wildman–Crippen LogP) is 24.4. The summed E-state index contributed by atoms with van der Waals surface area (Å²) in [5.41, 5.74) is 28.6. The van der Waals surface area contributed by atoms with Crippen LogP contribution in [-0.4, -0.2) is 117 Å². The number of anilines is 2. The van der Waals surface area contributed by atoms with Crippen molar-refractivity contribution < 1.29 is 71.8 Å². The average Bonchev–Trinajstić information content (AvgIpc) is 1.62. The Balaban J connectivity index is 0.000000203. The lowest BCUT2D eigenvalue weighted by atomic mass is 9.93. The van der Waals surface area contributed by atoms with Gasteiger partial charge in [0, 0.05) is 42.7 Å². The van der Waals surface area contributed by atoms with Crippen molar-refractivity contribution in [1.29, 1.82) is 0 Å². The van der Waals surface area contributed by atoms with Gasteiger partial charge in [-0.25, -0.2) is 14.4 Å². The number of aliphatic carboxylic acids is 1. The van der Waals surface area contributed by atoms with Crippen LogP contribution in [0.2, 0.25) is 0 Å². The molecule has 139 heavy (non-hydrogen) atoms. The lowest BCUT2D eigenvalue weighted by Crippen LogP contribution is -2.45. The van der Waals surface area contributed by atoms with Crippen molar-refractivity contribution in [2.75, 3.05) is 56.8 Å². The second-order valence-corrected chi connectivity index (χ2v) is 36.7. The first kappa shape index (κ1) is 105. The summed E-state index contributed by atoms with van der Waals surface area (Å²) in [7, 11) is 0. The number of nitrogens with one attached hydrogen (secondary N) is 5. The molecule has 0 heterocycles. The number of unbranched alkanes of at least 4 members (excludes halogenated alkanes) is 4. The van der Waals surface area contributed by atoms with Crippen LogP contribution in [0.1, 0.15) is 188 Å². The minimum Gasteiger partial charge on any atom is -0.494 e. The molecular formula is C117H134N6O15S. The molecule has 0 saturated heterocycles. The fourth-order valence-electron chi connectivity index (χ4n) is 17.0. The van der Waals surface area contributed by atoms with E-state index in [4.69, 9.17) is 38.9 Å². The van der Waals surface area contributed by atoms with Crippen molar-refractivity contribution in [3.63, 3.8) is 0 Å². The summed E-state index contributed by atoms with van der Waals surface area (Å²) < 4.78 is 40.0. The highest BCUT2D eigenvalue weighted by Gasteiger charge is 2.33. The van der Waals surface area contributed by atoms with Crippen LogP contribution in [-0.2, 0) is 76.7 Å². The minimum absolute atomic E-state index is 0. The molecule has 2 aliphatic carbocycles. The second kappa shape index (κ2) is 52.5. The molecule has 0 aromatic heterocycles. The standard InChI is InChI=1S/C47H51N3O6.C38H40O5.C32H41N3O4.H2S/c1-5-33-30-36(54-28-14-13-27-48-45(52)56-47(2,3)4)25-26-37(33)34-23-21-32(22-24-34)29-43(44(51)49-35-15-7-6-8-16-35)50-46(53)55-31-42-40-19-11-9-17-38(40)39-18-10-12-20-41(39)42;1-3-5-10-21-42-30-19-20-31(27(4-2)23-30)28-17-15-26(16-18-28)22-29(38(40)41)24-37(39)43-25-36-34-13-8-6-11-32(34)33-12-7-9-14-35(33)36;1-5-24-22-27(38-20-10-9-19-34-31(37)39-32(2,3)4)17-18-28(24)25-15-13-23(14-16-25)21-29(33)30(36)35-26-11-7-6-8-12-26;/h6-12,15-26,30,42-43H,5,13-14,27-29,31H2,1-4H3,(H,48,52)(H,49,51)(H,50,53);6-9,11-20,23,29,36H,3-5,10,21-22,24-25H2,1-2H3,(H,40,41);6-8,11-18,22,29H,5,9-10,19-21,33H2,1-4H3,(H,34,37)(H,35,36);1H2/t43-;2*29-;/m010./s1. The summed E-state index contributed by atoms with van der Waals surface area (Å²) in [6.45, 7) is 22.9. The van der Waals surface area contributed by atoms with E-state index in [-0.39, 0.29) is 69.6 Å². The van der Waals surface area contributed by atoms with Gasteiger partial charge in [-0.15, -0.1) is 0 Å². The average molecular weight is 1900 g/mol. The third kappa shape index (κ3) is 31.8. The van der Waals surface area contributed by atoms with Gasteiger partial charge in [-0.05, 0) is 278 Å². The molecule has 21 nitrogen and oxygen atoms in total. The first-order valence-corrected chi connectivity index (χ1v) is 48.3. The minimum atomic E-state index is -1.000. The summed E-state index contributed by atoms with van der Waals surface area (Å²) in [6, 6.07) is 92.5. The van der Waals surface area contributed by atoms with Gasteiger partial charge in [-0.2, -0.15) is 13.5 Å². The smallest absolute Gasteiger partial charge is 0.407 e. The second-order valence-electron chi connectivity index (χ2n) is 36.7. The molecule has 0 saturated carbocycles. The summed E-state index contributed by atoms with van der Waals surface area (Å²) >= 11 is 0. The third-order valence-corrected chi connectivity index (χ3v) is 24.1. The van der Waals surface area contributed by atoms with Crippen LogP contribution in [0.5, 0.6) is 17.2 Å². The zero-order valence-electron chi connectivity index (χ0n) is 81.6. The van der Waals surface area contributed by atoms with Crippen LogP contribution in [0.25, 0.3) is 55.6 Å². The summed E-state index contributed by atoms with van der Waals surface area (Å²) in [5, 5.41) is 24.1. The maximum atomic E-state index is 13.6. The normalized spacial score (nSPS) is 12.3. The van der Waals surface area contributed by atoms with Crippen LogP contribution in [0.4, 0.5) is 25.8 Å². The van der Waals surface area contributed by atoms with Gasteiger partial charge >= 0.3 is 30.2 Å². The highest BCUT2D eigenvalue weighted by Crippen LogP contribution is 2.47. The van der Waals surface area contributed by atoms with E-state index in [2.05, 4.69) is 151 Å². The van der Waals surface area contributed by atoms with E-state index in [1.54, 1.807) is 0 Å². The van der Waals surface area contributed by atoms with Crippen LogP contribution >= 0.6 is 13.5 Å². The molecular weight excluding hydrogens is 1760 g/mol. The van der Waals surface area contributed by atoms with E-state index in [9.17, 15) is 38.7 Å². The maximum absolute atomic E-state index is 13.6. The van der Waals surface area contributed by atoms with Gasteiger partial charge in [0.15, 0.2) is 0 Å². The number of aryl methyl sites for hydroxylation is 3. The van der Waals surface area contributed by atoms with Gasteiger partial charge in [-0.3, -0.25) is 19.2 Å². The number of esters is 1. The van der Waals surface area contributed by atoms with Crippen LogP contribution < -0.4 is 46.5 Å². The van der Waals surface area contributed by atoms with E-state index in [0.29, 0.717) is 38.4 Å². The summed E-state index contributed by atoms with van der Waals surface area (Å²) in [6.07, 6.45) is 8.52. The van der Waals surface area contributed by atoms with Crippen LogP contribution in [0.3, 0.4) is 0 Å². The van der Waals surface area contributed by atoms with E-state index in [1.807, 2.05) is 230 Å². The fraction of sp³-hybridized carbons (Fsp3) is 0.325. The number of fused-ring (bicyclic) bond motifs is 6. The van der Waals surface area contributed by atoms with Crippen molar-refractivity contribution in [2.45, 2.75) is 194 Å². The summed E-state index contributed by atoms with van der Waals surface area (Å²) in [4.78, 5) is 88.0. The molecule has 22 heteroatoms. The van der Waals surface area contributed by atoms with Gasteiger partial charge in [-0.1, -0.05) is 265 Å². The summed E-state index contributed by atoms with van der Waals surface area (Å²) in [5.74, 6) is -0.506. The first-order valence-electron chi connectivity index (χ1n) is 48.3. The van der Waals surface area contributed by atoms with Crippen molar-refractivity contribution in [2.24, 2.45) is 11.7 Å². The predicted molar refractivity (Wildman–Crippen MR) is 559 cm³/mol. The maximum Gasteiger partial charge on any atom is 0.407 e. The molecule has 8 N–H and O–H groups in total. The number of para-hydroxylation sites is 2. The molecule has 0 fully saturated rings. The molecule has 0 radical (unpaired) electrons. The topological polar surface area (TPSA) is 290 Å². The zero-order chi connectivity index (χ0) is 97.9. The Kier molecular flexibility index (Phi) is 39.9. The number of rotatable bonds is 41. The van der Waals surface area contributed by atoms with Gasteiger partial charge in [0.1, 0.15) is 47.7 Å².